The molecule has 3 nitrogen and oxygen atoms in total. The van der Waals surface area contributed by atoms with Crippen molar-refractivity contribution in [1.82, 2.24) is 4.98 Å². The van der Waals surface area contributed by atoms with Gasteiger partial charge < -0.3 is 4.74 Å². The molecular weight excluding hydrogens is 226 g/mol. The Hall–Kier alpha value is -1.90. The number of hydrogen-bond donors (Lipinski definition) is 0. The molecule has 0 bridgehead atoms. The number of rotatable bonds is 4. The molecule has 0 unspecified atom stereocenters. The van der Waals surface area contributed by atoms with Gasteiger partial charge in [0, 0.05) is 11.6 Å². The average Bonchev–Trinajstić information content (AvgIpc) is 2.38. The number of ether oxygens (including phenoxy) is 1. The summed E-state index contributed by atoms with van der Waals surface area (Å²) in [6.45, 7) is 4.52. The van der Waals surface area contributed by atoms with Crippen molar-refractivity contribution < 1.29 is 9.53 Å². The highest BCUT2D eigenvalue weighted by molar-refractivity contribution is 6.02. The largest absolute Gasteiger partial charge is 0.461 e. The number of unbranched alkanes of at least 4 members (excludes halogenated alkanes) is 1. The summed E-state index contributed by atoms with van der Waals surface area (Å²) in [4.78, 5) is 16.1. The maximum Gasteiger partial charge on any atom is 0.357 e. The summed E-state index contributed by atoms with van der Waals surface area (Å²) in [5.74, 6) is -0.334. The molecule has 0 amide bonds. The predicted octanol–water partition coefficient (Wildman–Crippen LogP) is 3.50. The van der Waals surface area contributed by atoms with Crippen LogP contribution in [0.2, 0.25) is 0 Å². The third kappa shape index (κ3) is 2.67. The fraction of sp³-hybridized carbons (Fsp3) is 0.333. The van der Waals surface area contributed by atoms with Crippen molar-refractivity contribution in [2.45, 2.75) is 26.7 Å². The first kappa shape index (κ1) is 12.6. The van der Waals surface area contributed by atoms with Gasteiger partial charge in [0.25, 0.3) is 0 Å². The van der Waals surface area contributed by atoms with E-state index in [2.05, 4.69) is 11.9 Å². The first-order valence-corrected chi connectivity index (χ1v) is 6.25. The van der Waals surface area contributed by atoms with Gasteiger partial charge in [-0.25, -0.2) is 9.78 Å². The highest BCUT2D eigenvalue weighted by atomic mass is 16.5. The quantitative estimate of drug-likeness (QED) is 0.609. The van der Waals surface area contributed by atoms with Crippen LogP contribution in [-0.4, -0.2) is 17.6 Å². The van der Waals surface area contributed by atoms with Crippen LogP contribution < -0.4 is 0 Å². The number of hydrogen-bond acceptors (Lipinski definition) is 3. The number of carbonyl (C=O) groups is 1. The Balaban J connectivity index is 2.32. The monoisotopic (exact) mass is 243 g/mol. The number of nitrogens with zero attached hydrogens (tertiary/aromatic N) is 1. The topological polar surface area (TPSA) is 39.2 Å². The zero-order valence-electron chi connectivity index (χ0n) is 10.8. The molecule has 0 aliphatic carbocycles. The minimum Gasteiger partial charge on any atom is -0.461 e. The number of esters is 1. The Morgan fingerprint density at radius 1 is 1.33 bits per heavy atom. The van der Waals surface area contributed by atoms with Gasteiger partial charge in [0.05, 0.1) is 6.61 Å². The number of fused-ring (bicyclic) bond motifs is 1. The van der Waals surface area contributed by atoms with E-state index in [1.165, 1.54) is 0 Å². The Labute approximate surface area is 107 Å². The van der Waals surface area contributed by atoms with E-state index in [1.54, 1.807) is 6.20 Å². The lowest BCUT2D eigenvalue weighted by molar-refractivity contribution is 0.0495. The molecular formula is C15H17NO2. The molecule has 0 saturated carbocycles. The Bertz CT molecular complexity index is 563. The van der Waals surface area contributed by atoms with Crippen LogP contribution in [0, 0.1) is 6.92 Å². The first-order chi connectivity index (χ1) is 8.72. The molecule has 2 aromatic rings. The molecule has 0 aliphatic rings. The van der Waals surface area contributed by atoms with Gasteiger partial charge in [-0.05, 0) is 30.9 Å². The van der Waals surface area contributed by atoms with Gasteiger partial charge in [0.1, 0.15) is 0 Å². The third-order valence-corrected chi connectivity index (χ3v) is 2.85. The second-order valence-electron chi connectivity index (χ2n) is 4.37. The van der Waals surface area contributed by atoms with Gasteiger partial charge in [-0.15, -0.1) is 0 Å². The SMILES string of the molecule is CCCCOC(=O)c1nccc2ccc(C)cc12. The molecule has 0 saturated heterocycles. The maximum absolute atomic E-state index is 12.0. The number of aromatic nitrogens is 1. The minimum absolute atomic E-state index is 0.334. The van der Waals surface area contributed by atoms with Gasteiger partial charge in [-0.3, -0.25) is 0 Å². The van der Waals surface area contributed by atoms with Crippen LogP contribution in [0.25, 0.3) is 10.8 Å². The van der Waals surface area contributed by atoms with E-state index in [1.807, 2.05) is 31.2 Å². The van der Waals surface area contributed by atoms with Gasteiger partial charge >= 0.3 is 5.97 Å². The summed E-state index contributed by atoms with van der Waals surface area (Å²) in [5.41, 5.74) is 1.52. The number of carbonyl (C=O) groups excluding carboxylic acids is 1. The first-order valence-electron chi connectivity index (χ1n) is 6.25. The van der Waals surface area contributed by atoms with E-state index in [9.17, 15) is 4.79 Å². The van der Waals surface area contributed by atoms with Gasteiger partial charge in [0.2, 0.25) is 0 Å². The van der Waals surface area contributed by atoms with Crippen LogP contribution in [0.3, 0.4) is 0 Å². The number of aryl methyl sites for hydroxylation is 1. The van der Waals surface area contributed by atoms with Crippen LogP contribution in [0.5, 0.6) is 0 Å². The second-order valence-corrected chi connectivity index (χ2v) is 4.37. The molecule has 1 aromatic heterocycles. The highest BCUT2D eigenvalue weighted by Crippen LogP contribution is 2.19. The third-order valence-electron chi connectivity index (χ3n) is 2.85. The fourth-order valence-electron chi connectivity index (χ4n) is 1.82. The number of benzene rings is 1. The van der Waals surface area contributed by atoms with E-state index in [0.717, 1.165) is 29.2 Å². The van der Waals surface area contributed by atoms with Crippen LogP contribution in [0.1, 0.15) is 35.8 Å². The van der Waals surface area contributed by atoms with E-state index in [-0.39, 0.29) is 5.97 Å². The molecule has 94 valence electrons. The molecule has 1 heterocycles. The summed E-state index contributed by atoms with van der Waals surface area (Å²) in [6.07, 6.45) is 3.54. The zero-order valence-corrected chi connectivity index (χ0v) is 10.8. The summed E-state index contributed by atoms with van der Waals surface area (Å²) in [6, 6.07) is 7.89. The van der Waals surface area contributed by atoms with Crippen LogP contribution >= 0.6 is 0 Å². The molecule has 3 heteroatoms. The van der Waals surface area contributed by atoms with Crippen LogP contribution in [0.4, 0.5) is 0 Å². The van der Waals surface area contributed by atoms with Crippen molar-refractivity contribution in [3.05, 3.63) is 41.7 Å². The van der Waals surface area contributed by atoms with E-state index in [0.29, 0.717) is 12.3 Å². The van der Waals surface area contributed by atoms with Crippen molar-refractivity contribution in [3.63, 3.8) is 0 Å². The lowest BCUT2D eigenvalue weighted by atomic mass is 10.1. The van der Waals surface area contributed by atoms with Gasteiger partial charge in [-0.2, -0.15) is 0 Å². The average molecular weight is 243 g/mol. The number of pyridine rings is 1. The van der Waals surface area contributed by atoms with Crippen LogP contribution in [-0.2, 0) is 4.74 Å². The van der Waals surface area contributed by atoms with E-state index in [4.69, 9.17) is 4.74 Å². The minimum atomic E-state index is -0.334. The van der Waals surface area contributed by atoms with Crippen LogP contribution in [0.15, 0.2) is 30.5 Å². The van der Waals surface area contributed by atoms with E-state index >= 15 is 0 Å². The lowest BCUT2D eigenvalue weighted by Crippen LogP contribution is -2.09. The predicted molar refractivity (Wildman–Crippen MR) is 71.7 cm³/mol. The Morgan fingerprint density at radius 3 is 2.94 bits per heavy atom. The van der Waals surface area contributed by atoms with Crippen molar-refractivity contribution in [3.8, 4) is 0 Å². The van der Waals surface area contributed by atoms with Crippen molar-refractivity contribution >= 4 is 16.7 Å². The summed E-state index contributed by atoms with van der Waals surface area (Å²) in [5, 5.41) is 1.87. The molecule has 0 N–H and O–H groups in total. The van der Waals surface area contributed by atoms with Gasteiger partial charge in [0.15, 0.2) is 5.69 Å². The molecule has 2 rings (SSSR count). The molecule has 0 fully saturated rings. The standard InChI is InChI=1S/C15H17NO2/c1-3-4-9-18-15(17)14-13-10-11(2)5-6-12(13)7-8-16-14/h5-8,10H,3-4,9H2,1-2H3. The van der Waals surface area contributed by atoms with E-state index < -0.39 is 0 Å². The highest BCUT2D eigenvalue weighted by Gasteiger charge is 2.12. The normalized spacial score (nSPS) is 10.6. The maximum atomic E-state index is 12.0. The molecule has 1 aromatic carbocycles. The van der Waals surface area contributed by atoms with Crippen molar-refractivity contribution in [2.24, 2.45) is 0 Å². The van der Waals surface area contributed by atoms with Gasteiger partial charge in [-0.1, -0.05) is 31.0 Å². The molecule has 0 atom stereocenters. The lowest BCUT2D eigenvalue weighted by Gasteiger charge is -2.06. The zero-order chi connectivity index (χ0) is 13.0. The summed E-state index contributed by atoms with van der Waals surface area (Å²) >= 11 is 0. The summed E-state index contributed by atoms with van der Waals surface area (Å²) < 4.78 is 5.22. The van der Waals surface area contributed by atoms with Crippen molar-refractivity contribution in [2.75, 3.05) is 6.61 Å². The Morgan fingerprint density at radius 2 is 2.17 bits per heavy atom. The molecule has 0 aliphatic heterocycles. The smallest absolute Gasteiger partial charge is 0.357 e. The molecule has 0 spiro atoms. The Kier molecular flexibility index (Phi) is 3.92. The van der Waals surface area contributed by atoms with Crippen molar-refractivity contribution in [1.29, 1.82) is 0 Å². The fourth-order valence-corrected chi connectivity index (χ4v) is 1.82. The molecule has 18 heavy (non-hydrogen) atoms. The second kappa shape index (κ2) is 5.63. The summed E-state index contributed by atoms with van der Waals surface area (Å²) in [7, 11) is 0. The molecule has 0 radical (unpaired) electrons.